The minimum absolute atomic E-state index is 0.0543. The lowest BCUT2D eigenvalue weighted by Crippen LogP contribution is -2.39. The molecule has 4 nitrogen and oxygen atoms in total. The first-order chi connectivity index (χ1) is 8.36. The number of benzene rings is 1. The van der Waals surface area contributed by atoms with Gasteiger partial charge in [-0.15, -0.1) is 0 Å². The first-order valence-corrected chi connectivity index (χ1v) is 6.63. The molecule has 1 aromatic carbocycles. The molecule has 0 saturated heterocycles. The topological polar surface area (TPSA) is 64.3 Å². The van der Waals surface area contributed by atoms with Gasteiger partial charge in [0, 0.05) is 5.02 Å². The molecule has 0 fully saturated rings. The average Bonchev–Trinajstić information content (AvgIpc) is 2.27. The minimum atomic E-state index is -0.576. The van der Waals surface area contributed by atoms with Crippen LogP contribution in [-0.2, 0) is 4.79 Å². The van der Waals surface area contributed by atoms with Crippen LogP contribution >= 0.6 is 27.5 Å². The molecule has 1 atom stereocenters. The molecule has 0 aliphatic heterocycles. The molecular formula is C12H16BrClN2O2. The molecule has 3 N–H and O–H groups in total. The van der Waals surface area contributed by atoms with Crippen molar-refractivity contribution in [2.75, 3.05) is 12.4 Å². The van der Waals surface area contributed by atoms with Gasteiger partial charge in [0.1, 0.15) is 0 Å². The van der Waals surface area contributed by atoms with Crippen LogP contribution < -0.4 is 15.8 Å². The molecule has 0 radical (unpaired) electrons. The van der Waals surface area contributed by atoms with Gasteiger partial charge in [-0.05, 0) is 34.0 Å². The number of methoxy groups -OCH3 is 1. The molecular weight excluding hydrogens is 320 g/mol. The summed E-state index contributed by atoms with van der Waals surface area (Å²) >= 11 is 9.26. The zero-order valence-corrected chi connectivity index (χ0v) is 12.8. The number of anilines is 1. The van der Waals surface area contributed by atoms with Crippen LogP contribution in [0.1, 0.15) is 13.8 Å². The third kappa shape index (κ3) is 3.60. The van der Waals surface area contributed by atoms with E-state index in [1.807, 2.05) is 13.8 Å². The molecule has 1 amide bonds. The zero-order chi connectivity index (χ0) is 13.9. The number of nitrogens with one attached hydrogen (secondary N) is 1. The summed E-state index contributed by atoms with van der Waals surface area (Å²) in [7, 11) is 1.52. The molecule has 18 heavy (non-hydrogen) atoms. The standard InChI is InChI=1S/C12H16BrClN2O2/c1-6(2)10(15)12(17)16-9-5-7(14)4-8(13)11(9)18-3/h4-6,10H,15H2,1-3H3,(H,16,17)/t10-/m0/s1. The third-order valence-electron chi connectivity index (χ3n) is 2.49. The van der Waals surface area contributed by atoms with Crippen LogP contribution in [0.5, 0.6) is 5.75 Å². The van der Waals surface area contributed by atoms with E-state index in [1.54, 1.807) is 12.1 Å². The maximum atomic E-state index is 11.9. The van der Waals surface area contributed by atoms with Crippen LogP contribution in [0.15, 0.2) is 16.6 Å². The number of ether oxygens (including phenoxy) is 1. The zero-order valence-electron chi connectivity index (χ0n) is 10.5. The van der Waals surface area contributed by atoms with Gasteiger partial charge >= 0.3 is 0 Å². The van der Waals surface area contributed by atoms with Gasteiger partial charge in [0.15, 0.2) is 5.75 Å². The summed E-state index contributed by atoms with van der Waals surface area (Å²) in [5.41, 5.74) is 6.28. The predicted molar refractivity (Wildman–Crippen MR) is 77.1 cm³/mol. The number of halogens is 2. The van der Waals surface area contributed by atoms with E-state index in [1.165, 1.54) is 7.11 Å². The lowest BCUT2D eigenvalue weighted by Gasteiger charge is -2.17. The number of hydrogen-bond acceptors (Lipinski definition) is 3. The fraction of sp³-hybridized carbons (Fsp3) is 0.417. The van der Waals surface area contributed by atoms with E-state index in [9.17, 15) is 4.79 Å². The maximum absolute atomic E-state index is 11.9. The van der Waals surface area contributed by atoms with Crippen molar-refractivity contribution in [2.45, 2.75) is 19.9 Å². The van der Waals surface area contributed by atoms with Crippen molar-refractivity contribution in [3.63, 3.8) is 0 Å². The summed E-state index contributed by atoms with van der Waals surface area (Å²) in [6.07, 6.45) is 0. The molecule has 0 spiro atoms. The second-order valence-electron chi connectivity index (χ2n) is 4.23. The van der Waals surface area contributed by atoms with Gasteiger partial charge in [0.05, 0.1) is 23.3 Å². The van der Waals surface area contributed by atoms with Crippen LogP contribution in [0.4, 0.5) is 5.69 Å². The largest absolute Gasteiger partial charge is 0.493 e. The van der Waals surface area contributed by atoms with Gasteiger partial charge in [-0.3, -0.25) is 4.79 Å². The van der Waals surface area contributed by atoms with E-state index in [4.69, 9.17) is 22.1 Å². The second kappa shape index (κ2) is 6.41. The fourth-order valence-corrected chi connectivity index (χ4v) is 2.35. The van der Waals surface area contributed by atoms with Crippen LogP contribution in [0.25, 0.3) is 0 Å². The number of nitrogens with two attached hydrogens (primary N) is 1. The highest BCUT2D eigenvalue weighted by Gasteiger charge is 2.19. The first-order valence-electron chi connectivity index (χ1n) is 5.46. The van der Waals surface area contributed by atoms with Crippen LogP contribution in [0.2, 0.25) is 5.02 Å². The molecule has 1 aromatic rings. The van der Waals surface area contributed by atoms with E-state index in [2.05, 4.69) is 21.2 Å². The van der Waals surface area contributed by atoms with Crippen molar-refractivity contribution >= 4 is 39.1 Å². The summed E-state index contributed by atoms with van der Waals surface area (Å²) in [6.45, 7) is 3.77. The molecule has 0 saturated carbocycles. The van der Waals surface area contributed by atoms with E-state index in [-0.39, 0.29) is 11.8 Å². The Kier molecular flexibility index (Phi) is 5.44. The Bertz CT molecular complexity index is 452. The summed E-state index contributed by atoms with van der Waals surface area (Å²) < 4.78 is 5.88. The van der Waals surface area contributed by atoms with Crippen molar-refractivity contribution in [1.29, 1.82) is 0 Å². The van der Waals surface area contributed by atoms with Crippen molar-refractivity contribution in [3.8, 4) is 5.75 Å². The van der Waals surface area contributed by atoms with Gasteiger partial charge in [-0.25, -0.2) is 0 Å². The molecule has 0 bridgehead atoms. The van der Waals surface area contributed by atoms with E-state index < -0.39 is 6.04 Å². The Balaban J connectivity index is 3.00. The van der Waals surface area contributed by atoms with Crippen molar-refractivity contribution < 1.29 is 9.53 Å². The molecule has 1 rings (SSSR count). The normalized spacial score (nSPS) is 12.4. The van der Waals surface area contributed by atoms with Crippen molar-refractivity contribution in [1.82, 2.24) is 0 Å². The molecule has 0 unspecified atom stereocenters. The fourth-order valence-electron chi connectivity index (χ4n) is 1.38. The number of amides is 1. The highest BCUT2D eigenvalue weighted by molar-refractivity contribution is 9.10. The number of rotatable bonds is 4. The molecule has 0 heterocycles. The summed E-state index contributed by atoms with van der Waals surface area (Å²) in [6, 6.07) is 2.74. The first kappa shape index (κ1) is 15.3. The smallest absolute Gasteiger partial charge is 0.241 e. The van der Waals surface area contributed by atoms with Crippen LogP contribution in [0.3, 0.4) is 0 Å². The number of hydrogen-bond donors (Lipinski definition) is 2. The van der Waals surface area contributed by atoms with Gasteiger partial charge in [0.25, 0.3) is 0 Å². The Morgan fingerprint density at radius 1 is 1.50 bits per heavy atom. The summed E-state index contributed by atoms with van der Waals surface area (Å²) in [5, 5.41) is 3.22. The van der Waals surface area contributed by atoms with Crippen LogP contribution in [0, 0.1) is 5.92 Å². The predicted octanol–water partition coefficient (Wildman–Crippen LogP) is 3.03. The molecule has 6 heteroatoms. The average molecular weight is 336 g/mol. The SMILES string of the molecule is COc1c(Br)cc(Cl)cc1NC(=O)[C@@H](N)C(C)C. The molecule has 0 aromatic heterocycles. The third-order valence-corrected chi connectivity index (χ3v) is 3.30. The Labute approximate surface area is 120 Å². The second-order valence-corrected chi connectivity index (χ2v) is 5.52. The Hall–Kier alpha value is -0.780. The van der Waals surface area contributed by atoms with Gasteiger partial charge in [0.2, 0.25) is 5.91 Å². The summed E-state index contributed by atoms with van der Waals surface area (Å²) in [4.78, 5) is 11.9. The van der Waals surface area contributed by atoms with E-state index >= 15 is 0 Å². The monoisotopic (exact) mass is 334 g/mol. The highest BCUT2D eigenvalue weighted by Crippen LogP contribution is 2.36. The van der Waals surface area contributed by atoms with Gasteiger partial charge in [-0.1, -0.05) is 25.4 Å². The quantitative estimate of drug-likeness (QED) is 0.889. The van der Waals surface area contributed by atoms with Crippen LogP contribution in [-0.4, -0.2) is 19.1 Å². The van der Waals surface area contributed by atoms with Gasteiger partial charge in [-0.2, -0.15) is 0 Å². The lowest BCUT2D eigenvalue weighted by molar-refractivity contribution is -0.118. The Morgan fingerprint density at radius 3 is 2.61 bits per heavy atom. The highest BCUT2D eigenvalue weighted by atomic mass is 79.9. The Morgan fingerprint density at radius 2 is 2.11 bits per heavy atom. The van der Waals surface area contributed by atoms with Crippen molar-refractivity contribution in [3.05, 3.63) is 21.6 Å². The minimum Gasteiger partial charge on any atom is -0.493 e. The molecule has 100 valence electrons. The lowest BCUT2D eigenvalue weighted by atomic mass is 10.0. The summed E-state index contributed by atoms with van der Waals surface area (Å²) in [5.74, 6) is 0.305. The number of carbonyl (C=O) groups excluding carboxylic acids is 1. The van der Waals surface area contributed by atoms with Gasteiger partial charge < -0.3 is 15.8 Å². The van der Waals surface area contributed by atoms with E-state index in [0.717, 1.165) is 0 Å². The maximum Gasteiger partial charge on any atom is 0.241 e. The van der Waals surface area contributed by atoms with Crippen molar-refractivity contribution in [2.24, 2.45) is 11.7 Å². The molecule has 0 aliphatic carbocycles. The molecule has 0 aliphatic rings. The number of carbonyl (C=O) groups is 1. The van der Waals surface area contributed by atoms with E-state index in [0.29, 0.717) is 20.9 Å².